The van der Waals surface area contributed by atoms with E-state index in [2.05, 4.69) is 40.7 Å². The molecule has 0 spiro atoms. The van der Waals surface area contributed by atoms with Crippen molar-refractivity contribution in [3.63, 3.8) is 0 Å². The number of methoxy groups -OCH3 is 1. The van der Waals surface area contributed by atoms with Crippen molar-refractivity contribution in [3.8, 4) is 22.8 Å². The quantitative estimate of drug-likeness (QED) is 0.734. The second-order valence-corrected chi connectivity index (χ2v) is 5.14. The fraction of sp³-hybridized carbons (Fsp3) is 0.222. The van der Waals surface area contributed by atoms with Crippen LogP contribution in [0.4, 0.5) is 0 Å². The van der Waals surface area contributed by atoms with Gasteiger partial charge in [-0.3, -0.25) is 4.57 Å². The van der Waals surface area contributed by atoms with Crippen molar-refractivity contribution in [3.05, 3.63) is 59.9 Å². The van der Waals surface area contributed by atoms with Crippen molar-refractivity contribution in [2.24, 2.45) is 0 Å². The monoisotopic (exact) mass is 293 g/mol. The van der Waals surface area contributed by atoms with Crippen LogP contribution < -0.4 is 4.74 Å². The standard InChI is InChI=1S/C18H19N3O/c1-4-17-19-20-18(14-9-11-15(22-3)12-10-14)21(17)16-8-6-5-7-13(16)2/h5-12H,4H2,1-3H3. The van der Waals surface area contributed by atoms with E-state index in [0.29, 0.717) is 0 Å². The minimum absolute atomic E-state index is 0.831. The lowest BCUT2D eigenvalue weighted by Crippen LogP contribution is -2.04. The lowest BCUT2D eigenvalue weighted by Gasteiger charge is -2.12. The predicted molar refractivity (Wildman–Crippen MR) is 87.5 cm³/mol. The van der Waals surface area contributed by atoms with E-state index in [-0.39, 0.29) is 0 Å². The molecule has 4 heteroatoms. The van der Waals surface area contributed by atoms with Gasteiger partial charge in [0.25, 0.3) is 0 Å². The first-order valence-electron chi connectivity index (χ1n) is 7.39. The third kappa shape index (κ3) is 2.48. The number of benzene rings is 2. The Bertz CT molecular complexity index is 775. The molecule has 3 rings (SSSR count). The molecule has 0 saturated heterocycles. The van der Waals surface area contributed by atoms with Gasteiger partial charge in [-0.2, -0.15) is 0 Å². The van der Waals surface area contributed by atoms with Crippen LogP contribution in [0.3, 0.4) is 0 Å². The summed E-state index contributed by atoms with van der Waals surface area (Å²) in [5.41, 5.74) is 3.35. The molecule has 1 aromatic heterocycles. The molecule has 0 aliphatic heterocycles. The maximum absolute atomic E-state index is 5.22. The highest BCUT2D eigenvalue weighted by Crippen LogP contribution is 2.26. The fourth-order valence-electron chi connectivity index (χ4n) is 2.54. The van der Waals surface area contributed by atoms with Crippen molar-refractivity contribution >= 4 is 0 Å². The molecule has 0 atom stereocenters. The summed E-state index contributed by atoms with van der Waals surface area (Å²) in [6.07, 6.45) is 0.831. The van der Waals surface area contributed by atoms with Crippen molar-refractivity contribution in [1.29, 1.82) is 0 Å². The van der Waals surface area contributed by atoms with E-state index in [1.165, 1.54) is 5.56 Å². The minimum atomic E-state index is 0.831. The van der Waals surface area contributed by atoms with E-state index in [0.717, 1.165) is 35.1 Å². The summed E-state index contributed by atoms with van der Waals surface area (Å²) in [6, 6.07) is 16.2. The largest absolute Gasteiger partial charge is 0.497 e. The van der Waals surface area contributed by atoms with Gasteiger partial charge in [0.2, 0.25) is 0 Å². The Morgan fingerprint density at radius 3 is 2.36 bits per heavy atom. The van der Waals surface area contributed by atoms with Crippen LogP contribution in [0.15, 0.2) is 48.5 Å². The Kier molecular flexibility index (Phi) is 3.92. The second kappa shape index (κ2) is 6.02. The zero-order valence-electron chi connectivity index (χ0n) is 13.1. The normalized spacial score (nSPS) is 10.7. The molecule has 22 heavy (non-hydrogen) atoms. The Labute approximate surface area is 130 Å². The Morgan fingerprint density at radius 2 is 1.73 bits per heavy atom. The molecule has 4 nitrogen and oxygen atoms in total. The Balaban J connectivity index is 2.17. The van der Waals surface area contributed by atoms with Crippen molar-refractivity contribution in [2.45, 2.75) is 20.3 Å². The van der Waals surface area contributed by atoms with Crippen LogP contribution in [0, 0.1) is 6.92 Å². The SMILES string of the molecule is CCc1nnc(-c2ccc(OC)cc2)n1-c1ccccc1C. The number of ether oxygens (including phenoxy) is 1. The second-order valence-electron chi connectivity index (χ2n) is 5.14. The summed E-state index contributed by atoms with van der Waals surface area (Å²) >= 11 is 0. The predicted octanol–water partition coefficient (Wildman–Crippen LogP) is 3.81. The van der Waals surface area contributed by atoms with E-state index < -0.39 is 0 Å². The summed E-state index contributed by atoms with van der Waals surface area (Å²) in [4.78, 5) is 0. The molecular formula is C18H19N3O. The Hall–Kier alpha value is -2.62. The molecule has 3 aromatic rings. The van der Waals surface area contributed by atoms with Crippen LogP contribution in [0.25, 0.3) is 17.1 Å². The number of aromatic nitrogens is 3. The van der Waals surface area contributed by atoms with Crippen LogP contribution in [0.1, 0.15) is 18.3 Å². The smallest absolute Gasteiger partial charge is 0.168 e. The van der Waals surface area contributed by atoms with E-state index >= 15 is 0 Å². The molecule has 0 saturated carbocycles. The van der Waals surface area contributed by atoms with Crippen molar-refractivity contribution in [1.82, 2.24) is 14.8 Å². The summed E-state index contributed by atoms with van der Waals surface area (Å²) in [7, 11) is 1.67. The molecule has 0 aliphatic rings. The highest BCUT2D eigenvalue weighted by molar-refractivity contribution is 5.60. The maximum atomic E-state index is 5.22. The van der Waals surface area contributed by atoms with Crippen LogP contribution in [-0.4, -0.2) is 21.9 Å². The van der Waals surface area contributed by atoms with Gasteiger partial charge in [0.1, 0.15) is 11.6 Å². The third-order valence-electron chi connectivity index (χ3n) is 3.75. The number of rotatable bonds is 4. The van der Waals surface area contributed by atoms with Gasteiger partial charge in [0, 0.05) is 12.0 Å². The van der Waals surface area contributed by atoms with Gasteiger partial charge in [-0.1, -0.05) is 25.1 Å². The van der Waals surface area contributed by atoms with Gasteiger partial charge in [-0.15, -0.1) is 10.2 Å². The van der Waals surface area contributed by atoms with E-state index in [1.54, 1.807) is 7.11 Å². The fourth-order valence-corrected chi connectivity index (χ4v) is 2.54. The highest BCUT2D eigenvalue weighted by atomic mass is 16.5. The number of aryl methyl sites for hydroxylation is 2. The first kappa shape index (κ1) is 14.3. The lowest BCUT2D eigenvalue weighted by atomic mass is 10.1. The van der Waals surface area contributed by atoms with Gasteiger partial charge in [0.15, 0.2) is 5.82 Å². The third-order valence-corrected chi connectivity index (χ3v) is 3.75. The molecule has 0 bridgehead atoms. The molecule has 1 heterocycles. The number of nitrogens with zero attached hydrogens (tertiary/aromatic N) is 3. The van der Waals surface area contributed by atoms with E-state index in [9.17, 15) is 0 Å². The van der Waals surface area contributed by atoms with Gasteiger partial charge in [-0.25, -0.2) is 0 Å². The summed E-state index contributed by atoms with van der Waals surface area (Å²) in [5, 5.41) is 8.76. The van der Waals surface area contributed by atoms with E-state index in [1.807, 2.05) is 36.4 Å². The van der Waals surface area contributed by atoms with Crippen LogP contribution in [0.2, 0.25) is 0 Å². The molecule has 0 unspecified atom stereocenters. The molecule has 0 aliphatic carbocycles. The van der Waals surface area contributed by atoms with Crippen LogP contribution in [-0.2, 0) is 6.42 Å². The van der Waals surface area contributed by atoms with Crippen LogP contribution >= 0.6 is 0 Å². The Morgan fingerprint density at radius 1 is 1.00 bits per heavy atom. The summed E-state index contributed by atoms with van der Waals surface area (Å²) in [6.45, 7) is 4.20. The minimum Gasteiger partial charge on any atom is -0.497 e. The van der Waals surface area contributed by atoms with Crippen LogP contribution in [0.5, 0.6) is 5.75 Å². The zero-order valence-corrected chi connectivity index (χ0v) is 13.1. The lowest BCUT2D eigenvalue weighted by molar-refractivity contribution is 0.415. The highest BCUT2D eigenvalue weighted by Gasteiger charge is 2.15. The first-order valence-corrected chi connectivity index (χ1v) is 7.39. The maximum Gasteiger partial charge on any atom is 0.168 e. The molecule has 0 fully saturated rings. The number of para-hydroxylation sites is 1. The molecule has 0 radical (unpaired) electrons. The van der Waals surface area contributed by atoms with Gasteiger partial charge >= 0.3 is 0 Å². The molecule has 0 N–H and O–H groups in total. The molecule has 0 amide bonds. The van der Waals surface area contributed by atoms with Crippen molar-refractivity contribution in [2.75, 3.05) is 7.11 Å². The first-order chi connectivity index (χ1) is 10.7. The van der Waals surface area contributed by atoms with Gasteiger partial charge in [-0.05, 0) is 42.8 Å². The van der Waals surface area contributed by atoms with E-state index in [4.69, 9.17) is 4.74 Å². The zero-order chi connectivity index (χ0) is 15.5. The van der Waals surface area contributed by atoms with Crippen molar-refractivity contribution < 1.29 is 4.74 Å². The average Bonchev–Trinajstić information content (AvgIpc) is 2.99. The summed E-state index contributed by atoms with van der Waals surface area (Å²) < 4.78 is 7.36. The molecule has 112 valence electrons. The topological polar surface area (TPSA) is 39.9 Å². The summed E-state index contributed by atoms with van der Waals surface area (Å²) in [5.74, 6) is 2.65. The van der Waals surface area contributed by atoms with Gasteiger partial charge in [0.05, 0.1) is 12.8 Å². The average molecular weight is 293 g/mol. The number of hydrogen-bond donors (Lipinski definition) is 0. The number of hydrogen-bond acceptors (Lipinski definition) is 3. The molecule has 2 aromatic carbocycles. The molecular weight excluding hydrogens is 274 g/mol. The van der Waals surface area contributed by atoms with Gasteiger partial charge < -0.3 is 4.74 Å².